The van der Waals surface area contributed by atoms with Gasteiger partial charge in [-0.1, -0.05) is 12.1 Å². The number of halogens is 2. The fraction of sp³-hybridized carbons (Fsp3) is 0.350. The Kier molecular flexibility index (Phi) is 6.24. The molecular formula is C20H22F2N2O3. The van der Waals surface area contributed by atoms with E-state index in [1.807, 2.05) is 24.3 Å². The van der Waals surface area contributed by atoms with Gasteiger partial charge in [0.25, 0.3) is 5.91 Å². The van der Waals surface area contributed by atoms with Crippen LogP contribution in [0.15, 0.2) is 42.5 Å². The summed E-state index contributed by atoms with van der Waals surface area (Å²) in [6, 6.07) is 11.0. The van der Waals surface area contributed by atoms with Gasteiger partial charge in [-0.25, -0.2) is 8.78 Å². The number of hydrogen-bond donors (Lipinski definition) is 0. The van der Waals surface area contributed by atoms with Gasteiger partial charge in [0.1, 0.15) is 5.82 Å². The van der Waals surface area contributed by atoms with E-state index in [9.17, 15) is 13.6 Å². The van der Waals surface area contributed by atoms with Crippen LogP contribution >= 0.6 is 0 Å². The lowest BCUT2D eigenvalue weighted by molar-refractivity contribution is -0.132. The molecule has 2 aromatic carbocycles. The van der Waals surface area contributed by atoms with Crippen molar-refractivity contribution in [1.29, 1.82) is 0 Å². The fourth-order valence-electron chi connectivity index (χ4n) is 2.84. The van der Waals surface area contributed by atoms with E-state index in [2.05, 4.69) is 4.90 Å². The second-order valence-electron chi connectivity index (χ2n) is 6.38. The molecule has 7 heteroatoms. The highest BCUT2D eigenvalue weighted by atomic mass is 19.1. The normalized spacial score (nSPS) is 14.1. The predicted octanol–water partition coefficient (Wildman–Crippen LogP) is 2.84. The molecule has 0 aromatic heterocycles. The fourth-order valence-corrected chi connectivity index (χ4v) is 2.84. The summed E-state index contributed by atoms with van der Waals surface area (Å²) < 4.78 is 36.9. The largest absolute Gasteiger partial charge is 0.481 e. The summed E-state index contributed by atoms with van der Waals surface area (Å²) in [5, 5.41) is 0. The number of carbonyl (C=O) groups is 1. The van der Waals surface area contributed by atoms with E-state index in [1.165, 1.54) is 11.0 Å². The minimum absolute atomic E-state index is 0.145. The monoisotopic (exact) mass is 376 g/mol. The summed E-state index contributed by atoms with van der Waals surface area (Å²) >= 11 is 0. The van der Waals surface area contributed by atoms with Crippen LogP contribution in [0.4, 0.5) is 14.5 Å². The number of carbonyl (C=O) groups excluding carboxylic acids is 1. The number of rotatable bonds is 6. The van der Waals surface area contributed by atoms with Crippen molar-refractivity contribution in [3.05, 3.63) is 59.7 Å². The quantitative estimate of drug-likeness (QED) is 0.778. The third-order valence-electron chi connectivity index (χ3n) is 4.40. The van der Waals surface area contributed by atoms with Crippen molar-refractivity contribution in [2.75, 3.05) is 44.9 Å². The molecule has 0 atom stereocenters. The van der Waals surface area contributed by atoms with E-state index < -0.39 is 11.6 Å². The van der Waals surface area contributed by atoms with Gasteiger partial charge in [0.15, 0.2) is 18.2 Å². The van der Waals surface area contributed by atoms with Crippen LogP contribution in [0.1, 0.15) is 5.56 Å². The van der Waals surface area contributed by atoms with Gasteiger partial charge >= 0.3 is 0 Å². The van der Waals surface area contributed by atoms with Crippen LogP contribution in [0.3, 0.4) is 0 Å². The van der Waals surface area contributed by atoms with Gasteiger partial charge in [-0.05, 0) is 29.8 Å². The standard InChI is InChI=1S/C20H22F2N2O3/c1-23(20(25)14-27-19-7-4-16(21)12-18(19)22)13-15-2-5-17(6-3-15)24-8-10-26-11-9-24/h2-7,12H,8-11,13-14H2,1H3. The Hall–Kier alpha value is -2.67. The van der Waals surface area contributed by atoms with Gasteiger partial charge in [-0.3, -0.25) is 4.79 Å². The molecule has 144 valence electrons. The molecule has 1 aliphatic rings. The van der Waals surface area contributed by atoms with Crippen LogP contribution < -0.4 is 9.64 Å². The Balaban J connectivity index is 1.51. The molecule has 1 aliphatic heterocycles. The van der Waals surface area contributed by atoms with Crippen molar-refractivity contribution in [2.24, 2.45) is 0 Å². The van der Waals surface area contributed by atoms with Crippen LogP contribution in [-0.4, -0.2) is 50.8 Å². The first-order valence-electron chi connectivity index (χ1n) is 8.76. The van der Waals surface area contributed by atoms with Gasteiger partial charge in [-0.2, -0.15) is 0 Å². The second kappa shape index (κ2) is 8.81. The first-order chi connectivity index (χ1) is 13.0. The summed E-state index contributed by atoms with van der Waals surface area (Å²) in [7, 11) is 1.66. The van der Waals surface area contributed by atoms with Crippen molar-refractivity contribution in [2.45, 2.75) is 6.54 Å². The third kappa shape index (κ3) is 5.17. The number of amides is 1. The molecule has 2 aromatic rings. The molecule has 0 saturated carbocycles. The molecule has 0 radical (unpaired) electrons. The van der Waals surface area contributed by atoms with Gasteiger partial charge in [0, 0.05) is 38.4 Å². The summed E-state index contributed by atoms with van der Waals surface area (Å²) in [6.45, 7) is 3.30. The first-order valence-corrected chi connectivity index (χ1v) is 8.76. The Bertz CT molecular complexity index is 777. The summed E-state index contributed by atoms with van der Waals surface area (Å²) in [4.78, 5) is 16.0. The molecule has 0 bridgehead atoms. The van der Waals surface area contributed by atoms with E-state index in [0.717, 1.165) is 49.7 Å². The zero-order valence-electron chi connectivity index (χ0n) is 15.2. The highest BCUT2D eigenvalue weighted by Crippen LogP contribution is 2.19. The maximum atomic E-state index is 13.5. The number of hydrogen-bond acceptors (Lipinski definition) is 4. The van der Waals surface area contributed by atoms with Crippen LogP contribution in [0, 0.1) is 11.6 Å². The number of morpholine rings is 1. The minimum atomic E-state index is -0.829. The van der Waals surface area contributed by atoms with E-state index in [0.29, 0.717) is 6.54 Å². The zero-order valence-corrected chi connectivity index (χ0v) is 15.2. The number of anilines is 1. The van der Waals surface area contributed by atoms with E-state index in [-0.39, 0.29) is 18.3 Å². The lowest BCUT2D eigenvalue weighted by atomic mass is 10.1. The Morgan fingerprint density at radius 3 is 2.52 bits per heavy atom. The van der Waals surface area contributed by atoms with Crippen LogP contribution in [0.2, 0.25) is 0 Å². The highest BCUT2D eigenvalue weighted by Gasteiger charge is 2.14. The number of benzene rings is 2. The molecule has 1 heterocycles. The average Bonchev–Trinajstić information content (AvgIpc) is 2.68. The lowest BCUT2D eigenvalue weighted by Gasteiger charge is -2.29. The predicted molar refractivity (Wildman–Crippen MR) is 97.8 cm³/mol. The number of nitrogens with zero attached hydrogens (tertiary/aromatic N) is 2. The van der Waals surface area contributed by atoms with Crippen LogP contribution in [-0.2, 0) is 16.1 Å². The topological polar surface area (TPSA) is 42.0 Å². The molecule has 1 fully saturated rings. The average molecular weight is 376 g/mol. The molecular weight excluding hydrogens is 354 g/mol. The Labute approximate surface area is 157 Å². The van der Waals surface area contributed by atoms with Crippen molar-refractivity contribution >= 4 is 11.6 Å². The Morgan fingerprint density at radius 2 is 1.85 bits per heavy atom. The van der Waals surface area contributed by atoms with E-state index in [4.69, 9.17) is 9.47 Å². The van der Waals surface area contributed by atoms with Crippen molar-refractivity contribution in [3.8, 4) is 5.75 Å². The Morgan fingerprint density at radius 1 is 1.15 bits per heavy atom. The second-order valence-corrected chi connectivity index (χ2v) is 6.38. The first kappa shape index (κ1) is 19.1. The van der Waals surface area contributed by atoms with Gasteiger partial charge in [-0.15, -0.1) is 0 Å². The van der Waals surface area contributed by atoms with E-state index in [1.54, 1.807) is 7.05 Å². The smallest absolute Gasteiger partial charge is 0.260 e. The van der Waals surface area contributed by atoms with Crippen LogP contribution in [0.25, 0.3) is 0 Å². The molecule has 5 nitrogen and oxygen atoms in total. The van der Waals surface area contributed by atoms with Gasteiger partial charge < -0.3 is 19.3 Å². The maximum Gasteiger partial charge on any atom is 0.260 e. The lowest BCUT2D eigenvalue weighted by Crippen LogP contribution is -2.36. The molecule has 3 rings (SSSR count). The summed E-state index contributed by atoms with van der Waals surface area (Å²) in [5.41, 5.74) is 2.11. The molecule has 0 aliphatic carbocycles. The van der Waals surface area contributed by atoms with Gasteiger partial charge in [0.2, 0.25) is 0 Å². The maximum absolute atomic E-state index is 13.5. The summed E-state index contributed by atoms with van der Waals surface area (Å²) in [5.74, 6) is -1.96. The van der Waals surface area contributed by atoms with Gasteiger partial charge in [0.05, 0.1) is 13.2 Å². The van der Waals surface area contributed by atoms with Crippen LogP contribution in [0.5, 0.6) is 5.75 Å². The SMILES string of the molecule is CN(Cc1ccc(N2CCOCC2)cc1)C(=O)COc1ccc(F)cc1F. The van der Waals surface area contributed by atoms with E-state index >= 15 is 0 Å². The number of likely N-dealkylation sites (N-methyl/N-ethyl adjacent to an activating group) is 1. The zero-order chi connectivity index (χ0) is 19.2. The van der Waals surface area contributed by atoms with Crippen molar-refractivity contribution < 1.29 is 23.0 Å². The highest BCUT2D eigenvalue weighted by molar-refractivity contribution is 5.77. The molecule has 1 amide bonds. The molecule has 0 N–H and O–H groups in total. The minimum Gasteiger partial charge on any atom is -0.481 e. The third-order valence-corrected chi connectivity index (χ3v) is 4.40. The molecule has 1 saturated heterocycles. The molecule has 0 spiro atoms. The van der Waals surface area contributed by atoms with Crippen molar-refractivity contribution in [3.63, 3.8) is 0 Å². The molecule has 27 heavy (non-hydrogen) atoms. The van der Waals surface area contributed by atoms with Crippen molar-refractivity contribution in [1.82, 2.24) is 4.90 Å². The summed E-state index contributed by atoms with van der Waals surface area (Å²) in [6.07, 6.45) is 0. The molecule has 0 unspecified atom stereocenters. The number of ether oxygens (including phenoxy) is 2.